The molecule has 2 atom stereocenters. The van der Waals surface area contributed by atoms with Crippen LogP contribution in [-0.4, -0.2) is 28.0 Å². The van der Waals surface area contributed by atoms with Gasteiger partial charge in [0.05, 0.1) is 28.5 Å². The number of rotatable bonds is 4. The van der Waals surface area contributed by atoms with Crippen LogP contribution in [-0.2, 0) is 9.59 Å². The Bertz CT molecular complexity index is 1590. The number of hydrogen-bond acceptors (Lipinski definition) is 6. The van der Waals surface area contributed by atoms with Crippen molar-refractivity contribution in [2.24, 2.45) is 16.9 Å². The lowest BCUT2D eigenvalue weighted by atomic mass is 9.55. The summed E-state index contributed by atoms with van der Waals surface area (Å²) in [4.78, 5) is 38.4. The molecule has 3 aromatic carbocycles. The summed E-state index contributed by atoms with van der Waals surface area (Å²) in [5, 5.41) is 16.8. The van der Waals surface area contributed by atoms with Crippen molar-refractivity contribution in [2.45, 2.75) is 18.8 Å². The number of nitro benzene ring substituents is 1. The van der Waals surface area contributed by atoms with Gasteiger partial charge in [0.1, 0.15) is 11.5 Å². The molecule has 2 amide bonds. The summed E-state index contributed by atoms with van der Waals surface area (Å²) in [5.41, 5.74) is 5.43. The molecule has 0 unspecified atom stereocenters. The van der Waals surface area contributed by atoms with E-state index >= 15 is 0 Å². The van der Waals surface area contributed by atoms with Gasteiger partial charge in [-0.05, 0) is 52.9 Å². The number of amides is 2. The van der Waals surface area contributed by atoms with Gasteiger partial charge in [0.15, 0.2) is 0 Å². The number of benzene rings is 3. The van der Waals surface area contributed by atoms with Crippen molar-refractivity contribution in [3.63, 3.8) is 0 Å². The van der Waals surface area contributed by atoms with Crippen LogP contribution in [0.1, 0.15) is 45.4 Å². The summed E-state index contributed by atoms with van der Waals surface area (Å²) in [6, 6.07) is 24.2. The zero-order valence-electron chi connectivity index (χ0n) is 20.3. The Balaban J connectivity index is 1.22. The number of hydrazone groups is 1. The fourth-order valence-electron chi connectivity index (χ4n) is 6.46. The van der Waals surface area contributed by atoms with E-state index in [2.05, 4.69) is 29.4 Å². The predicted octanol–water partition coefficient (Wildman–Crippen LogP) is 5.39. The Morgan fingerprint density at radius 3 is 1.92 bits per heavy atom. The lowest BCUT2D eigenvalue weighted by Crippen LogP contribution is -2.41. The van der Waals surface area contributed by atoms with Gasteiger partial charge in [-0.1, -0.05) is 54.6 Å². The second-order valence-electron chi connectivity index (χ2n) is 9.98. The Hall–Kier alpha value is -4.85. The number of hydrogen-bond donors (Lipinski definition) is 0. The highest BCUT2D eigenvalue weighted by atomic mass is 16.6. The molecule has 38 heavy (non-hydrogen) atoms. The number of carbonyl (C=O) groups excluding carboxylic acids is 2. The summed E-state index contributed by atoms with van der Waals surface area (Å²) in [5.74, 6) is -1.51. The van der Waals surface area contributed by atoms with Crippen LogP contribution in [0.4, 0.5) is 5.69 Å². The van der Waals surface area contributed by atoms with Crippen LogP contribution in [0.2, 0.25) is 0 Å². The predicted molar refractivity (Wildman–Crippen MR) is 139 cm³/mol. The Morgan fingerprint density at radius 1 is 0.842 bits per heavy atom. The molecule has 4 aromatic rings. The molecule has 0 radical (unpaired) electrons. The van der Waals surface area contributed by atoms with Gasteiger partial charge < -0.3 is 4.42 Å². The standard InChI is InChI=1S/C30H21N3O5/c1-16-10-12-22(23(14-16)33(36)37)24-13-11-17(38-24)15-31-32-29(34)27-25-18-6-2-3-7-19(18)26(28(27)30(32)35)21-9-5-4-8-20(21)25/h2-15,25-28H,1H3/b31-15-/t25?,26?,27-,28-/m0/s1. The van der Waals surface area contributed by atoms with E-state index in [1.165, 1.54) is 12.3 Å². The van der Waals surface area contributed by atoms with Crippen LogP contribution in [0, 0.1) is 28.9 Å². The van der Waals surface area contributed by atoms with Crippen molar-refractivity contribution < 1.29 is 18.9 Å². The molecule has 0 saturated carbocycles. The van der Waals surface area contributed by atoms with Crippen molar-refractivity contribution in [2.75, 3.05) is 0 Å². The third-order valence-electron chi connectivity index (χ3n) is 7.97. The third-order valence-corrected chi connectivity index (χ3v) is 7.97. The summed E-state index contributed by atoms with van der Waals surface area (Å²) in [6.45, 7) is 1.78. The summed E-state index contributed by atoms with van der Waals surface area (Å²) in [7, 11) is 0. The van der Waals surface area contributed by atoms with Crippen LogP contribution in [0.5, 0.6) is 0 Å². The fourth-order valence-corrected chi connectivity index (χ4v) is 6.46. The highest BCUT2D eigenvalue weighted by molar-refractivity contribution is 6.08. The number of aryl methyl sites for hydroxylation is 1. The maximum Gasteiger partial charge on any atom is 0.280 e. The highest BCUT2D eigenvalue weighted by Gasteiger charge is 2.61. The third kappa shape index (κ3) is 3.06. The molecule has 1 fully saturated rings. The number of imide groups is 1. The number of carbonyl (C=O) groups is 2. The van der Waals surface area contributed by atoms with Gasteiger partial charge in [0.2, 0.25) is 0 Å². The maximum absolute atomic E-state index is 13.6. The van der Waals surface area contributed by atoms with Crippen molar-refractivity contribution in [3.8, 4) is 11.3 Å². The van der Waals surface area contributed by atoms with Crippen LogP contribution >= 0.6 is 0 Å². The minimum Gasteiger partial charge on any atom is -0.455 e. The van der Waals surface area contributed by atoms with Crippen LogP contribution in [0.3, 0.4) is 0 Å². The van der Waals surface area contributed by atoms with Gasteiger partial charge in [0.25, 0.3) is 17.5 Å². The Labute approximate surface area is 217 Å². The second-order valence-corrected chi connectivity index (χ2v) is 9.98. The van der Waals surface area contributed by atoms with Gasteiger partial charge in [-0.2, -0.15) is 10.1 Å². The fraction of sp³-hybridized carbons (Fsp3) is 0.167. The molecule has 3 aliphatic carbocycles. The molecular formula is C30H21N3O5. The van der Waals surface area contributed by atoms with Gasteiger partial charge >= 0.3 is 0 Å². The minimum absolute atomic E-state index is 0.0635. The first kappa shape index (κ1) is 22.4. The molecule has 8 rings (SSSR count). The van der Waals surface area contributed by atoms with Crippen molar-refractivity contribution >= 4 is 23.7 Å². The van der Waals surface area contributed by atoms with E-state index in [1.54, 1.807) is 31.2 Å². The number of furan rings is 1. The molecule has 8 heteroatoms. The first-order valence-corrected chi connectivity index (χ1v) is 12.4. The van der Waals surface area contributed by atoms with Crippen molar-refractivity contribution in [3.05, 3.63) is 123 Å². The van der Waals surface area contributed by atoms with Gasteiger partial charge in [-0.3, -0.25) is 19.7 Å². The Kier molecular flexibility index (Phi) is 4.75. The van der Waals surface area contributed by atoms with E-state index in [1.807, 2.05) is 24.3 Å². The van der Waals surface area contributed by atoms with Crippen molar-refractivity contribution in [1.82, 2.24) is 5.01 Å². The smallest absolute Gasteiger partial charge is 0.280 e. The van der Waals surface area contributed by atoms with Gasteiger partial charge in [-0.15, -0.1) is 0 Å². The summed E-state index contributed by atoms with van der Waals surface area (Å²) < 4.78 is 5.80. The first-order chi connectivity index (χ1) is 18.4. The molecule has 2 heterocycles. The average molecular weight is 504 g/mol. The minimum atomic E-state index is -0.517. The molecular weight excluding hydrogens is 482 g/mol. The largest absolute Gasteiger partial charge is 0.455 e. The molecule has 4 aliphatic rings. The zero-order valence-corrected chi connectivity index (χ0v) is 20.3. The lowest BCUT2D eigenvalue weighted by Gasteiger charge is -2.45. The molecule has 1 aliphatic heterocycles. The molecule has 0 N–H and O–H groups in total. The quantitative estimate of drug-likeness (QED) is 0.161. The monoisotopic (exact) mass is 503 g/mol. The maximum atomic E-state index is 13.6. The van der Waals surface area contributed by atoms with Crippen molar-refractivity contribution in [1.29, 1.82) is 0 Å². The first-order valence-electron chi connectivity index (χ1n) is 12.4. The van der Waals surface area contributed by atoms with E-state index in [9.17, 15) is 19.7 Å². The van der Waals surface area contributed by atoms with Crippen LogP contribution in [0.15, 0.2) is 88.4 Å². The van der Waals surface area contributed by atoms with Gasteiger partial charge in [-0.25, -0.2) is 0 Å². The van der Waals surface area contributed by atoms with E-state index < -0.39 is 16.8 Å². The number of nitro groups is 1. The molecule has 186 valence electrons. The molecule has 0 spiro atoms. The summed E-state index contributed by atoms with van der Waals surface area (Å²) >= 11 is 0. The second kappa shape index (κ2) is 8.08. The highest BCUT2D eigenvalue weighted by Crippen LogP contribution is 2.60. The average Bonchev–Trinajstić information content (AvgIpc) is 3.50. The normalized spacial score (nSPS) is 23.0. The molecule has 1 aromatic heterocycles. The molecule has 2 bridgehead atoms. The lowest BCUT2D eigenvalue weighted by molar-refractivity contribution is -0.384. The number of nitrogens with zero attached hydrogens (tertiary/aromatic N) is 3. The summed E-state index contributed by atoms with van der Waals surface area (Å²) in [6.07, 6.45) is 1.32. The molecule has 8 nitrogen and oxygen atoms in total. The van der Waals surface area contributed by atoms with E-state index in [0.29, 0.717) is 11.3 Å². The Morgan fingerprint density at radius 2 is 1.39 bits per heavy atom. The molecule has 1 saturated heterocycles. The van der Waals surface area contributed by atoms with Crippen LogP contribution < -0.4 is 0 Å². The van der Waals surface area contributed by atoms with Crippen LogP contribution in [0.25, 0.3) is 11.3 Å². The van der Waals surface area contributed by atoms with E-state index in [-0.39, 0.29) is 35.1 Å². The topological polar surface area (TPSA) is 106 Å². The van der Waals surface area contributed by atoms with E-state index in [4.69, 9.17) is 4.42 Å². The van der Waals surface area contributed by atoms with E-state index in [0.717, 1.165) is 32.8 Å². The van der Waals surface area contributed by atoms with Gasteiger partial charge in [0, 0.05) is 17.9 Å². The zero-order chi connectivity index (χ0) is 26.1. The SMILES string of the molecule is Cc1ccc(-c2ccc(/C=N\N3C(=O)[C@H]4C5c6ccccc6C(c6ccccc65)[C@@H]4C3=O)o2)c([N+](=O)[O-])c1.